The van der Waals surface area contributed by atoms with Crippen LogP contribution in [-0.2, 0) is 4.74 Å². The maximum atomic E-state index is 12.8. The second-order valence-electron chi connectivity index (χ2n) is 6.98. The first-order valence-electron chi connectivity index (χ1n) is 9.71. The molecule has 4 rings (SSSR count). The topological polar surface area (TPSA) is 58.1 Å². The van der Waals surface area contributed by atoms with Gasteiger partial charge < -0.3 is 24.2 Å². The summed E-state index contributed by atoms with van der Waals surface area (Å²) in [4.78, 5) is 23.6. The number of ether oxygens (including phenoxy) is 2. The van der Waals surface area contributed by atoms with Crippen LogP contribution in [0.5, 0.6) is 5.75 Å². The van der Waals surface area contributed by atoms with E-state index in [4.69, 9.17) is 9.47 Å². The largest absolute Gasteiger partial charge is 0.497 e. The number of anilines is 2. The van der Waals surface area contributed by atoms with Crippen molar-refractivity contribution in [3.63, 3.8) is 0 Å². The fraction of sp³-hybridized carbons (Fsp3) is 0.429. The van der Waals surface area contributed by atoms with Crippen LogP contribution in [0.1, 0.15) is 10.5 Å². The van der Waals surface area contributed by atoms with Crippen molar-refractivity contribution in [2.75, 3.05) is 69.4 Å². The summed E-state index contributed by atoms with van der Waals surface area (Å²) in [5.41, 5.74) is 2.71. The molecule has 0 spiro atoms. The first-order valence-corrected chi connectivity index (χ1v) is 9.71. The van der Waals surface area contributed by atoms with Gasteiger partial charge in [0.1, 0.15) is 11.4 Å². The molecule has 1 amide bonds. The zero-order valence-electron chi connectivity index (χ0n) is 16.2. The van der Waals surface area contributed by atoms with Crippen molar-refractivity contribution < 1.29 is 14.3 Å². The van der Waals surface area contributed by atoms with Crippen LogP contribution < -0.4 is 14.5 Å². The molecule has 0 N–H and O–H groups in total. The normalized spacial score (nSPS) is 17.5. The van der Waals surface area contributed by atoms with E-state index in [0.717, 1.165) is 56.5 Å². The number of piperazine rings is 1. The zero-order chi connectivity index (χ0) is 19.3. The van der Waals surface area contributed by atoms with Crippen LogP contribution in [0.3, 0.4) is 0 Å². The Bertz CT molecular complexity index is 780. The van der Waals surface area contributed by atoms with Crippen molar-refractivity contribution in [3.05, 3.63) is 48.3 Å². The minimum absolute atomic E-state index is 0.00269. The molecule has 2 aromatic rings. The van der Waals surface area contributed by atoms with Gasteiger partial charge in [-0.3, -0.25) is 4.79 Å². The van der Waals surface area contributed by atoms with Crippen LogP contribution in [0.4, 0.5) is 11.4 Å². The van der Waals surface area contributed by atoms with Gasteiger partial charge in [0, 0.05) is 45.0 Å². The summed E-state index contributed by atoms with van der Waals surface area (Å²) < 4.78 is 10.6. The van der Waals surface area contributed by atoms with Crippen molar-refractivity contribution in [3.8, 4) is 5.75 Å². The average molecular weight is 382 g/mol. The average Bonchev–Trinajstić information content (AvgIpc) is 2.79. The predicted octanol–water partition coefficient (Wildman–Crippen LogP) is 1.89. The predicted molar refractivity (Wildman–Crippen MR) is 108 cm³/mol. The number of amides is 1. The van der Waals surface area contributed by atoms with Crippen LogP contribution >= 0.6 is 0 Å². The number of nitrogens with zero attached hydrogens (tertiary/aromatic N) is 4. The molecule has 2 fully saturated rings. The molecule has 148 valence electrons. The van der Waals surface area contributed by atoms with Crippen molar-refractivity contribution in [2.45, 2.75) is 0 Å². The summed E-state index contributed by atoms with van der Waals surface area (Å²) in [5.74, 6) is 0.854. The van der Waals surface area contributed by atoms with Gasteiger partial charge in [-0.1, -0.05) is 0 Å². The fourth-order valence-electron chi connectivity index (χ4n) is 3.64. The molecular formula is C21H26N4O3. The lowest BCUT2D eigenvalue weighted by Gasteiger charge is -2.36. The Labute approximate surface area is 165 Å². The molecule has 0 saturated carbocycles. The highest BCUT2D eigenvalue weighted by Crippen LogP contribution is 2.21. The minimum Gasteiger partial charge on any atom is -0.497 e. The molecule has 2 saturated heterocycles. The maximum absolute atomic E-state index is 12.8. The highest BCUT2D eigenvalue weighted by Gasteiger charge is 2.23. The number of rotatable bonds is 4. The summed E-state index contributed by atoms with van der Waals surface area (Å²) in [7, 11) is 1.67. The van der Waals surface area contributed by atoms with Gasteiger partial charge in [-0.15, -0.1) is 0 Å². The maximum Gasteiger partial charge on any atom is 0.272 e. The molecule has 7 nitrogen and oxygen atoms in total. The quantitative estimate of drug-likeness (QED) is 0.805. The molecular weight excluding hydrogens is 356 g/mol. The van der Waals surface area contributed by atoms with Crippen LogP contribution in [0.2, 0.25) is 0 Å². The first-order chi connectivity index (χ1) is 13.7. The first kappa shape index (κ1) is 18.6. The number of carbonyl (C=O) groups is 1. The Morgan fingerprint density at radius 3 is 2.14 bits per heavy atom. The molecule has 1 aromatic carbocycles. The molecule has 28 heavy (non-hydrogen) atoms. The number of hydrogen-bond donors (Lipinski definition) is 0. The van der Waals surface area contributed by atoms with Gasteiger partial charge in [-0.05, 0) is 36.4 Å². The van der Waals surface area contributed by atoms with E-state index in [-0.39, 0.29) is 5.91 Å². The van der Waals surface area contributed by atoms with Gasteiger partial charge in [0.15, 0.2) is 0 Å². The molecule has 0 unspecified atom stereocenters. The SMILES string of the molecule is COc1ccc(N2CCN(C(=O)c3ccc(N4CCOCC4)cn3)CC2)cc1. The summed E-state index contributed by atoms with van der Waals surface area (Å²) in [6.45, 7) is 6.20. The minimum atomic E-state index is 0.00269. The number of carbonyl (C=O) groups excluding carboxylic acids is 1. The molecule has 2 aliphatic heterocycles. The molecule has 7 heteroatoms. The number of aromatic nitrogens is 1. The lowest BCUT2D eigenvalue weighted by Crippen LogP contribution is -2.49. The van der Waals surface area contributed by atoms with E-state index in [1.54, 1.807) is 13.3 Å². The van der Waals surface area contributed by atoms with Gasteiger partial charge in [-0.2, -0.15) is 0 Å². The molecule has 0 radical (unpaired) electrons. The van der Waals surface area contributed by atoms with E-state index in [9.17, 15) is 4.79 Å². The Kier molecular flexibility index (Phi) is 5.62. The zero-order valence-corrected chi connectivity index (χ0v) is 16.2. The summed E-state index contributed by atoms with van der Waals surface area (Å²) in [5, 5.41) is 0. The third-order valence-corrected chi connectivity index (χ3v) is 5.35. The number of pyridine rings is 1. The Morgan fingerprint density at radius 1 is 0.893 bits per heavy atom. The molecule has 0 atom stereocenters. The number of methoxy groups -OCH3 is 1. The second-order valence-corrected chi connectivity index (χ2v) is 6.98. The summed E-state index contributed by atoms with van der Waals surface area (Å²) in [6, 6.07) is 11.9. The highest BCUT2D eigenvalue weighted by molar-refractivity contribution is 5.92. The van der Waals surface area contributed by atoms with E-state index in [1.165, 1.54) is 0 Å². The monoisotopic (exact) mass is 382 g/mol. The molecule has 0 bridgehead atoms. The number of hydrogen-bond acceptors (Lipinski definition) is 6. The van der Waals surface area contributed by atoms with Gasteiger partial charge in [0.2, 0.25) is 0 Å². The van der Waals surface area contributed by atoms with Crippen LogP contribution in [0, 0.1) is 0 Å². The summed E-state index contributed by atoms with van der Waals surface area (Å²) in [6.07, 6.45) is 1.80. The molecule has 1 aromatic heterocycles. The van der Waals surface area contributed by atoms with Crippen LogP contribution in [0.15, 0.2) is 42.6 Å². The summed E-state index contributed by atoms with van der Waals surface area (Å²) >= 11 is 0. The number of benzene rings is 1. The van der Waals surface area contributed by atoms with Crippen LogP contribution in [0.25, 0.3) is 0 Å². The van der Waals surface area contributed by atoms with Gasteiger partial charge in [-0.25, -0.2) is 4.98 Å². The smallest absolute Gasteiger partial charge is 0.272 e. The molecule has 0 aliphatic carbocycles. The van der Waals surface area contributed by atoms with Crippen molar-refractivity contribution in [2.24, 2.45) is 0 Å². The standard InChI is InChI=1S/C21H26N4O3/c1-27-19-5-2-17(3-6-19)23-8-10-25(11-9-23)21(26)20-7-4-18(16-22-20)24-12-14-28-15-13-24/h2-7,16H,8-15H2,1H3. The fourth-order valence-corrected chi connectivity index (χ4v) is 3.64. The third kappa shape index (κ3) is 4.04. The van der Waals surface area contributed by atoms with E-state index >= 15 is 0 Å². The van der Waals surface area contributed by atoms with E-state index in [1.807, 2.05) is 29.2 Å². The van der Waals surface area contributed by atoms with E-state index < -0.39 is 0 Å². The van der Waals surface area contributed by atoms with Gasteiger partial charge in [0.05, 0.1) is 32.2 Å². The number of morpholine rings is 1. The Hall–Kier alpha value is -2.80. The van der Waals surface area contributed by atoms with Gasteiger partial charge in [0.25, 0.3) is 5.91 Å². The van der Waals surface area contributed by atoms with Gasteiger partial charge >= 0.3 is 0 Å². The molecule has 3 heterocycles. The highest BCUT2D eigenvalue weighted by atomic mass is 16.5. The molecule has 2 aliphatic rings. The second kappa shape index (κ2) is 8.48. The lowest BCUT2D eigenvalue weighted by molar-refractivity contribution is 0.0741. The Balaban J connectivity index is 1.34. The van der Waals surface area contributed by atoms with Crippen molar-refractivity contribution in [1.29, 1.82) is 0 Å². The Morgan fingerprint density at radius 2 is 1.54 bits per heavy atom. The van der Waals surface area contributed by atoms with E-state index in [0.29, 0.717) is 18.8 Å². The lowest BCUT2D eigenvalue weighted by atomic mass is 10.2. The van der Waals surface area contributed by atoms with Crippen molar-refractivity contribution in [1.82, 2.24) is 9.88 Å². The van der Waals surface area contributed by atoms with Crippen molar-refractivity contribution >= 4 is 17.3 Å². The third-order valence-electron chi connectivity index (χ3n) is 5.35. The van der Waals surface area contributed by atoms with Crippen LogP contribution in [-0.4, -0.2) is 75.4 Å². The van der Waals surface area contributed by atoms with E-state index in [2.05, 4.69) is 26.9 Å².